The summed E-state index contributed by atoms with van der Waals surface area (Å²) in [5.41, 5.74) is 0. The lowest BCUT2D eigenvalue weighted by molar-refractivity contribution is 0.0945. The van der Waals surface area contributed by atoms with Gasteiger partial charge in [-0.05, 0) is 46.2 Å². The Labute approximate surface area is 93.1 Å². The number of aliphatic hydroxyl groups excluding tert-OH is 1. The second kappa shape index (κ2) is 4.81. The maximum absolute atomic E-state index is 9.52. The van der Waals surface area contributed by atoms with Crippen LogP contribution in [0, 0.1) is 0 Å². The van der Waals surface area contributed by atoms with Crippen LogP contribution in [0.15, 0.2) is 0 Å². The van der Waals surface area contributed by atoms with Crippen molar-refractivity contribution in [3.05, 3.63) is 0 Å². The molecule has 3 nitrogen and oxygen atoms in total. The summed E-state index contributed by atoms with van der Waals surface area (Å²) in [6.07, 6.45) is 3.48. The van der Waals surface area contributed by atoms with Gasteiger partial charge >= 0.3 is 0 Å². The number of hydrogen-bond acceptors (Lipinski definition) is 3. The van der Waals surface area contributed by atoms with E-state index in [4.69, 9.17) is 0 Å². The van der Waals surface area contributed by atoms with Gasteiger partial charge in [0.25, 0.3) is 0 Å². The van der Waals surface area contributed by atoms with Crippen molar-refractivity contribution in [1.29, 1.82) is 0 Å². The van der Waals surface area contributed by atoms with Crippen molar-refractivity contribution >= 4 is 0 Å². The molecule has 3 heteroatoms. The molecule has 0 amide bonds. The molecule has 0 bridgehead atoms. The van der Waals surface area contributed by atoms with Gasteiger partial charge < -0.3 is 10.0 Å². The molecule has 0 aromatic rings. The molecule has 0 spiro atoms. The van der Waals surface area contributed by atoms with Gasteiger partial charge in [-0.25, -0.2) is 0 Å². The van der Waals surface area contributed by atoms with Gasteiger partial charge in [-0.2, -0.15) is 0 Å². The molecule has 0 radical (unpaired) electrons. The van der Waals surface area contributed by atoms with Crippen LogP contribution < -0.4 is 0 Å². The number of aliphatic hydroxyl groups is 1. The van der Waals surface area contributed by atoms with Gasteiger partial charge in [0, 0.05) is 25.2 Å². The average molecular weight is 212 g/mol. The van der Waals surface area contributed by atoms with E-state index in [1.54, 1.807) is 0 Å². The standard InChI is InChI=1S/C12H24N2O/c1-10(2)13-6-3-11(4-7-13)14-8-5-12(15)9-14/h10-12,15H,3-9H2,1-2H3/t12-/m1/s1. The van der Waals surface area contributed by atoms with Crippen LogP contribution in [0.3, 0.4) is 0 Å². The van der Waals surface area contributed by atoms with Crippen molar-refractivity contribution in [3.63, 3.8) is 0 Å². The van der Waals surface area contributed by atoms with E-state index in [9.17, 15) is 5.11 Å². The van der Waals surface area contributed by atoms with Crippen molar-refractivity contribution in [1.82, 2.24) is 9.80 Å². The molecule has 0 aliphatic carbocycles. The molecule has 2 aliphatic heterocycles. The highest BCUT2D eigenvalue weighted by Crippen LogP contribution is 2.22. The van der Waals surface area contributed by atoms with E-state index in [0.29, 0.717) is 6.04 Å². The summed E-state index contributed by atoms with van der Waals surface area (Å²) in [4.78, 5) is 5.05. The summed E-state index contributed by atoms with van der Waals surface area (Å²) in [7, 11) is 0. The molecule has 0 saturated carbocycles. The number of nitrogens with zero attached hydrogens (tertiary/aromatic N) is 2. The molecular weight excluding hydrogens is 188 g/mol. The largest absolute Gasteiger partial charge is 0.392 e. The molecule has 0 aromatic heterocycles. The normalized spacial score (nSPS) is 31.6. The summed E-state index contributed by atoms with van der Waals surface area (Å²) in [6.45, 7) is 9.03. The van der Waals surface area contributed by atoms with Crippen LogP contribution in [0.1, 0.15) is 33.1 Å². The van der Waals surface area contributed by atoms with Gasteiger partial charge in [-0.3, -0.25) is 4.90 Å². The number of piperidine rings is 1. The van der Waals surface area contributed by atoms with E-state index in [1.807, 2.05) is 0 Å². The van der Waals surface area contributed by atoms with Crippen LogP contribution in [-0.4, -0.2) is 59.3 Å². The molecule has 2 rings (SSSR count). The van der Waals surface area contributed by atoms with Gasteiger partial charge in [0.05, 0.1) is 6.10 Å². The first kappa shape index (κ1) is 11.4. The lowest BCUT2D eigenvalue weighted by Crippen LogP contribution is -2.46. The first-order valence-electron chi connectivity index (χ1n) is 6.33. The van der Waals surface area contributed by atoms with Gasteiger partial charge in [0.1, 0.15) is 0 Å². The Balaban J connectivity index is 1.78. The van der Waals surface area contributed by atoms with Crippen LogP contribution >= 0.6 is 0 Å². The monoisotopic (exact) mass is 212 g/mol. The summed E-state index contributed by atoms with van der Waals surface area (Å²) < 4.78 is 0. The van der Waals surface area contributed by atoms with Crippen LogP contribution in [0.5, 0.6) is 0 Å². The highest BCUT2D eigenvalue weighted by Gasteiger charge is 2.30. The van der Waals surface area contributed by atoms with Crippen molar-refractivity contribution in [3.8, 4) is 0 Å². The smallest absolute Gasteiger partial charge is 0.0679 e. The Morgan fingerprint density at radius 3 is 2.20 bits per heavy atom. The van der Waals surface area contributed by atoms with Crippen molar-refractivity contribution in [2.75, 3.05) is 26.2 Å². The Morgan fingerprint density at radius 1 is 1.07 bits per heavy atom. The summed E-state index contributed by atoms with van der Waals surface area (Å²) >= 11 is 0. The average Bonchev–Trinajstić information content (AvgIpc) is 2.65. The second-order valence-electron chi connectivity index (χ2n) is 5.30. The topological polar surface area (TPSA) is 26.7 Å². The third-order valence-corrected chi connectivity index (χ3v) is 3.94. The Morgan fingerprint density at radius 2 is 1.73 bits per heavy atom. The molecule has 0 aromatic carbocycles. The van der Waals surface area contributed by atoms with Crippen molar-refractivity contribution in [2.24, 2.45) is 0 Å². The fourth-order valence-corrected chi connectivity index (χ4v) is 2.87. The highest BCUT2D eigenvalue weighted by atomic mass is 16.3. The zero-order valence-electron chi connectivity index (χ0n) is 10.0. The van der Waals surface area contributed by atoms with E-state index in [-0.39, 0.29) is 6.10 Å². The molecular formula is C12H24N2O. The number of β-amino-alcohol motifs (C(OH)–C–C–N with tert-alkyl or cyclic N) is 1. The minimum absolute atomic E-state index is 0.0619. The predicted octanol–water partition coefficient (Wildman–Crippen LogP) is 0.926. The molecule has 2 heterocycles. The van der Waals surface area contributed by atoms with Crippen LogP contribution in [-0.2, 0) is 0 Å². The SMILES string of the molecule is CC(C)N1CCC(N2CC[C@@H](O)C2)CC1. The second-order valence-corrected chi connectivity index (χ2v) is 5.30. The third-order valence-electron chi connectivity index (χ3n) is 3.94. The van der Waals surface area contributed by atoms with Crippen LogP contribution in [0.25, 0.3) is 0 Å². The van der Waals surface area contributed by atoms with Gasteiger partial charge in [-0.15, -0.1) is 0 Å². The highest BCUT2D eigenvalue weighted by molar-refractivity contribution is 4.85. The maximum atomic E-state index is 9.52. The van der Waals surface area contributed by atoms with Gasteiger partial charge in [0.15, 0.2) is 0 Å². The van der Waals surface area contributed by atoms with E-state index < -0.39 is 0 Å². The summed E-state index contributed by atoms with van der Waals surface area (Å²) in [6, 6.07) is 1.42. The third kappa shape index (κ3) is 2.71. The van der Waals surface area contributed by atoms with Gasteiger partial charge in [-0.1, -0.05) is 0 Å². The minimum atomic E-state index is -0.0619. The zero-order chi connectivity index (χ0) is 10.8. The van der Waals surface area contributed by atoms with Crippen LogP contribution in [0.2, 0.25) is 0 Å². The molecule has 1 atom stereocenters. The lowest BCUT2D eigenvalue weighted by atomic mass is 10.0. The lowest BCUT2D eigenvalue weighted by Gasteiger charge is -2.38. The molecule has 2 aliphatic rings. The molecule has 2 saturated heterocycles. The van der Waals surface area contributed by atoms with Gasteiger partial charge in [0.2, 0.25) is 0 Å². The first-order chi connectivity index (χ1) is 7.16. The Kier molecular flexibility index (Phi) is 3.65. The molecule has 0 unspecified atom stereocenters. The fourth-order valence-electron chi connectivity index (χ4n) is 2.87. The van der Waals surface area contributed by atoms with E-state index in [1.165, 1.54) is 25.9 Å². The zero-order valence-corrected chi connectivity index (χ0v) is 10.0. The maximum Gasteiger partial charge on any atom is 0.0679 e. The fraction of sp³-hybridized carbons (Fsp3) is 1.00. The Bertz CT molecular complexity index is 200. The summed E-state index contributed by atoms with van der Waals surface area (Å²) in [5.74, 6) is 0. The number of hydrogen-bond donors (Lipinski definition) is 1. The molecule has 88 valence electrons. The number of likely N-dealkylation sites (tertiary alicyclic amines) is 2. The van der Waals surface area contributed by atoms with Crippen molar-refractivity contribution < 1.29 is 5.11 Å². The molecule has 1 N–H and O–H groups in total. The van der Waals surface area contributed by atoms with E-state index in [0.717, 1.165) is 25.6 Å². The van der Waals surface area contributed by atoms with E-state index in [2.05, 4.69) is 23.6 Å². The molecule has 2 fully saturated rings. The predicted molar refractivity (Wildman–Crippen MR) is 61.9 cm³/mol. The minimum Gasteiger partial charge on any atom is -0.392 e. The molecule has 15 heavy (non-hydrogen) atoms. The Hall–Kier alpha value is -0.120. The number of rotatable bonds is 2. The quantitative estimate of drug-likeness (QED) is 0.737. The van der Waals surface area contributed by atoms with E-state index >= 15 is 0 Å². The van der Waals surface area contributed by atoms with Crippen LogP contribution in [0.4, 0.5) is 0 Å². The van der Waals surface area contributed by atoms with Crippen molar-refractivity contribution in [2.45, 2.75) is 51.3 Å². The summed E-state index contributed by atoms with van der Waals surface area (Å²) in [5, 5.41) is 9.52. The first-order valence-corrected chi connectivity index (χ1v) is 6.33.